The lowest BCUT2D eigenvalue weighted by Gasteiger charge is -2.30. The molecule has 1 aromatic heterocycles. The number of thiocarbonyl (C=S) groups is 1. The second-order valence-corrected chi connectivity index (χ2v) is 7.49. The van der Waals surface area contributed by atoms with Gasteiger partial charge in [-0.05, 0) is 61.7 Å². The van der Waals surface area contributed by atoms with Crippen molar-refractivity contribution in [1.82, 2.24) is 4.90 Å². The van der Waals surface area contributed by atoms with Gasteiger partial charge in [-0.3, -0.25) is 0 Å². The molecule has 2 aromatic rings. The molecule has 0 radical (unpaired) electrons. The van der Waals surface area contributed by atoms with Gasteiger partial charge < -0.3 is 14.6 Å². The summed E-state index contributed by atoms with van der Waals surface area (Å²) in [4.78, 5) is 1.85. The molecule has 3 nitrogen and oxygen atoms in total. The number of nitrogens with one attached hydrogen (secondary N) is 1. The lowest BCUT2D eigenvalue weighted by Crippen LogP contribution is -2.38. The van der Waals surface area contributed by atoms with Crippen molar-refractivity contribution < 1.29 is 17.6 Å². The van der Waals surface area contributed by atoms with Gasteiger partial charge >= 0.3 is 6.18 Å². The average molecular weight is 429 g/mol. The molecule has 1 atom stereocenters. The fourth-order valence-corrected chi connectivity index (χ4v) is 3.79. The van der Waals surface area contributed by atoms with E-state index in [2.05, 4.69) is 17.5 Å². The Morgan fingerprint density at radius 1 is 1.25 bits per heavy atom. The van der Waals surface area contributed by atoms with Crippen LogP contribution in [0.15, 0.2) is 53.2 Å². The van der Waals surface area contributed by atoms with Crippen molar-refractivity contribution in [3.05, 3.63) is 65.1 Å². The van der Waals surface area contributed by atoms with Crippen LogP contribution in [0.5, 0.6) is 0 Å². The summed E-state index contributed by atoms with van der Waals surface area (Å²) in [7, 11) is 0. The summed E-state index contributed by atoms with van der Waals surface area (Å²) >= 11 is 11.3. The first kappa shape index (κ1) is 20.7. The fraction of sp³-hybridized carbons (Fsp3) is 0.350. The molecule has 1 aliphatic carbocycles. The van der Waals surface area contributed by atoms with Crippen molar-refractivity contribution in [2.24, 2.45) is 5.92 Å². The first-order chi connectivity index (χ1) is 13.3. The van der Waals surface area contributed by atoms with E-state index in [9.17, 15) is 13.2 Å². The van der Waals surface area contributed by atoms with Crippen LogP contribution in [0.1, 0.15) is 30.6 Å². The minimum absolute atomic E-state index is 0.155. The van der Waals surface area contributed by atoms with Crippen LogP contribution in [0.4, 0.5) is 18.9 Å². The van der Waals surface area contributed by atoms with E-state index in [1.54, 1.807) is 12.3 Å². The molecule has 1 N–H and O–H groups in total. The Hall–Kier alpha value is -1.99. The van der Waals surface area contributed by atoms with Crippen LogP contribution in [0.3, 0.4) is 0 Å². The number of nitrogens with zero attached hydrogens (tertiary/aromatic N) is 1. The van der Waals surface area contributed by atoms with Gasteiger partial charge in [0.1, 0.15) is 5.76 Å². The van der Waals surface area contributed by atoms with E-state index in [0.29, 0.717) is 24.8 Å². The third-order valence-electron chi connectivity index (χ3n) is 4.61. The SMILES string of the molecule is FC(F)(F)c1c(Cl)cccc1NC(=S)N(Cc1ccco1)C[C@H]1CC=CCC1. The molecule has 1 aliphatic rings. The van der Waals surface area contributed by atoms with Crippen molar-refractivity contribution in [3.8, 4) is 0 Å². The summed E-state index contributed by atoms with van der Waals surface area (Å²) in [6, 6.07) is 7.59. The van der Waals surface area contributed by atoms with Crippen LogP contribution >= 0.6 is 23.8 Å². The first-order valence-corrected chi connectivity index (χ1v) is 9.72. The van der Waals surface area contributed by atoms with Crippen LogP contribution in [-0.4, -0.2) is 16.6 Å². The molecular weight excluding hydrogens is 409 g/mol. The summed E-state index contributed by atoms with van der Waals surface area (Å²) in [5, 5.41) is 2.59. The Bertz CT molecular complexity index is 836. The number of rotatable bonds is 5. The molecule has 0 bridgehead atoms. The maximum atomic E-state index is 13.4. The maximum absolute atomic E-state index is 13.4. The van der Waals surface area contributed by atoms with Gasteiger partial charge in [0.25, 0.3) is 0 Å². The van der Waals surface area contributed by atoms with E-state index in [0.717, 1.165) is 19.3 Å². The number of benzene rings is 1. The standard InChI is InChI=1S/C20H20ClF3N2OS/c21-16-9-4-10-17(18(16)20(22,23)24)25-19(28)26(13-15-8-5-11-27-15)12-14-6-2-1-3-7-14/h1-2,4-5,8-11,14H,3,6-7,12-13H2,(H,25,28)/t14-/m0/s1. The Balaban J connectivity index is 1.81. The molecule has 0 amide bonds. The van der Waals surface area contributed by atoms with Crippen molar-refractivity contribution in [2.75, 3.05) is 11.9 Å². The molecule has 0 aliphatic heterocycles. The Morgan fingerprint density at radius 3 is 2.71 bits per heavy atom. The number of hydrogen-bond acceptors (Lipinski definition) is 2. The molecule has 1 aromatic carbocycles. The number of halogens is 4. The van der Waals surface area contributed by atoms with Gasteiger partial charge in [-0.2, -0.15) is 13.2 Å². The smallest absolute Gasteiger partial charge is 0.419 e. The predicted molar refractivity (Wildman–Crippen MR) is 108 cm³/mol. The number of hydrogen-bond donors (Lipinski definition) is 1. The molecule has 0 saturated carbocycles. The fourth-order valence-electron chi connectivity index (χ4n) is 3.25. The zero-order chi connectivity index (χ0) is 20.1. The predicted octanol–water partition coefficient (Wildman–Crippen LogP) is 6.51. The molecule has 28 heavy (non-hydrogen) atoms. The van der Waals surface area contributed by atoms with E-state index >= 15 is 0 Å². The van der Waals surface area contributed by atoms with Gasteiger partial charge in [-0.15, -0.1) is 0 Å². The second kappa shape index (κ2) is 9.01. The van der Waals surface area contributed by atoms with Gasteiger partial charge in [0.05, 0.1) is 29.1 Å². The lowest BCUT2D eigenvalue weighted by atomic mass is 9.94. The number of furan rings is 1. The summed E-state index contributed by atoms with van der Waals surface area (Å²) in [5.41, 5.74) is -1.07. The molecular formula is C20H20ClF3N2OS. The van der Waals surface area contributed by atoms with Crippen molar-refractivity contribution in [3.63, 3.8) is 0 Å². The van der Waals surface area contributed by atoms with Crippen LogP contribution in [-0.2, 0) is 12.7 Å². The van der Waals surface area contributed by atoms with Crippen LogP contribution < -0.4 is 5.32 Å². The highest BCUT2D eigenvalue weighted by Gasteiger charge is 2.36. The zero-order valence-corrected chi connectivity index (χ0v) is 16.6. The highest BCUT2D eigenvalue weighted by molar-refractivity contribution is 7.80. The van der Waals surface area contributed by atoms with Gasteiger partial charge in [-0.1, -0.05) is 29.8 Å². The largest absolute Gasteiger partial charge is 0.467 e. The summed E-state index contributed by atoms with van der Waals surface area (Å²) in [6.45, 7) is 1.000. The molecule has 150 valence electrons. The quantitative estimate of drug-likeness (QED) is 0.434. The highest BCUT2D eigenvalue weighted by Crippen LogP contribution is 2.39. The third kappa shape index (κ3) is 5.29. The van der Waals surface area contributed by atoms with E-state index in [4.69, 9.17) is 28.2 Å². The Morgan fingerprint density at radius 2 is 2.07 bits per heavy atom. The minimum Gasteiger partial charge on any atom is -0.467 e. The zero-order valence-electron chi connectivity index (χ0n) is 15.0. The van der Waals surface area contributed by atoms with Gasteiger partial charge in [0.15, 0.2) is 5.11 Å². The molecule has 3 rings (SSSR count). The van der Waals surface area contributed by atoms with Gasteiger partial charge in [0.2, 0.25) is 0 Å². The number of alkyl halides is 3. The molecule has 0 fully saturated rings. The Labute approximate surface area is 172 Å². The van der Waals surface area contributed by atoms with Crippen molar-refractivity contribution >= 4 is 34.6 Å². The normalized spacial score (nSPS) is 16.8. The average Bonchev–Trinajstić information content (AvgIpc) is 3.14. The van der Waals surface area contributed by atoms with E-state index in [1.165, 1.54) is 18.2 Å². The number of anilines is 1. The summed E-state index contributed by atoms with van der Waals surface area (Å²) in [6.07, 6.45) is 4.18. The minimum atomic E-state index is -4.59. The van der Waals surface area contributed by atoms with E-state index in [-0.39, 0.29) is 15.8 Å². The summed E-state index contributed by atoms with van der Waals surface area (Å²) in [5.74, 6) is 1.07. The molecule has 0 unspecified atom stereocenters. The van der Waals surface area contributed by atoms with Gasteiger partial charge in [-0.25, -0.2) is 0 Å². The lowest BCUT2D eigenvalue weighted by molar-refractivity contribution is -0.136. The molecule has 0 spiro atoms. The molecule has 1 heterocycles. The number of allylic oxidation sites excluding steroid dienone is 2. The third-order valence-corrected chi connectivity index (χ3v) is 5.28. The summed E-state index contributed by atoms with van der Waals surface area (Å²) < 4.78 is 45.7. The monoisotopic (exact) mass is 428 g/mol. The van der Waals surface area contributed by atoms with Crippen molar-refractivity contribution in [1.29, 1.82) is 0 Å². The second-order valence-electron chi connectivity index (χ2n) is 6.70. The first-order valence-electron chi connectivity index (χ1n) is 8.93. The Kier molecular flexibility index (Phi) is 6.67. The van der Waals surface area contributed by atoms with E-state index in [1.807, 2.05) is 11.0 Å². The maximum Gasteiger partial charge on any atom is 0.419 e. The van der Waals surface area contributed by atoms with Crippen LogP contribution in [0.2, 0.25) is 5.02 Å². The molecule has 0 saturated heterocycles. The van der Waals surface area contributed by atoms with Gasteiger partial charge in [0, 0.05) is 6.54 Å². The van der Waals surface area contributed by atoms with Crippen LogP contribution in [0.25, 0.3) is 0 Å². The molecule has 8 heteroatoms. The van der Waals surface area contributed by atoms with Crippen molar-refractivity contribution in [2.45, 2.75) is 32.0 Å². The van der Waals surface area contributed by atoms with Crippen LogP contribution in [0, 0.1) is 5.92 Å². The highest BCUT2D eigenvalue weighted by atomic mass is 35.5. The van der Waals surface area contributed by atoms with E-state index < -0.39 is 11.7 Å². The topological polar surface area (TPSA) is 28.4 Å².